The zero-order chi connectivity index (χ0) is 19.3. The maximum absolute atomic E-state index is 12.3. The topological polar surface area (TPSA) is 110 Å². The van der Waals surface area contributed by atoms with Crippen molar-refractivity contribution in [2.45, 2.75) is 30.2 Å². The van der Waals surface area contributed by atoms with Crippen molar-refractivity contribution >= 4 is 21.5 Å². The maximum Gasteiger partial charge on any atom is 0.259 e. The third-order valence-corrected chi connectivity index (χ3v) is 6.85. The van der Waals surface area contributed by atoms with Gasteiger partial charge in [-0.1, -0.05) is 6.42 Å². The van der Waals surface area contributed by atoms with E-state index in [1.54, 1.807) is 11.6 Å². The van der Waals surface area contributed by atoms with Crippen molar-refractivity contribution in [2.75, 3.05) is 24.5 Å². The fourth-order valence-corrected chi connectivity index (χ4v) is 4.69. The molecule has 0 atom stereocenters. The lowest BCUT2D eigenvalue weighted by molar-refractivity contribution is 0.390. The number of aryl methyl sites for hydroxylation is 1. The van der Waals surface area contributed by atoms with Gasteiger partial charge in [0.1, 0.15) is 5.82 Å². The van der Waals surface area contributed by atoms with Crippen LogP contribution in [0.15, 0.2) is 29.7 Å². The number of hydrogen-bond donors (Lipinski definition) is 1. The number of anilines is 1. The predicted molar refractivity (Wildman–Crippen MR) is 101 cm³/mol. The molecule has 10 nitrogen and oxygen atoms in total. The van der Waals surface area contributed by atoms with Crippen molar-refractivity contribution in [3.8, 4) is 0 Å². The molecule has 4 heterocycles. The Hall–Kier alpha value is -2.53. The summed E-state index contributed by atoms with van der Waals surface area (Å²) in [7, 11) is -1.82. The van der Waals surface area contributed by atoms with E-state index in [0.29, 0.717) is 12.5 Å². The lowest BCUT2D eigenvalue weighted by atomic mass is 9.85. The van der Waals surface area contributed by atoms with Crippen LogP contribution in [0.5, 0.6) is 0 Å². The van der Waals surface area contributed by atoms with Gasteiger partial charge in [0.15, 0.2) is 16.5 Å². The molecule has 0 bridgehead atoms. The fourth-order valence-electron chi connectivity index (χ4n) is 3.60. The zero-order valence-corrected chi connectivity index (χ0v) is 16.4. The number of fused-ring (bicyclic) bond motifs is 1. The molecule has 28 heavy (non-hydrogen) atoms. The fraction of sp³-hybridized carbons (Fsp3) is 0.529. The Morgan fingerprint density at radius 1 is 1.21 bits per heavy atom. The van der Waals surface area contributed by atoms with Crippen molar-refractivity contribution in [1.82, 2.24) is 34.1 Å². The second-order valence-corrected chi connectivity index (χ2v) is 9.36. The molecular formula is C17H22N8O2S. The minimum absolute atomic E-state index is 0.0504. The zero-order valence-electron chi connectivity index (χ0n) is 15.6. The van der Waals surface area contributed by atoms with Crippen molar-refractivity contribution in [1.29, 1.82) is 0 Å². The molecule has 1 saturated heterocycles. The van der Waals surface area contributed by atoms with Crippen LogP contribution in [0.25, 0.3) is 5.65 Å². The van der Waals surface area contributed by atoms with Crippen LogP contribution in [0.3, 0.4) is 0 Å². The van der Waals surface area contributed by atoms with E-state index < -0.39 is 10.0 Å². The summed E-state index contributed by atoms with van der Waals surface area (Å²) in [5, 5.41) is 13.3. The summed E-state index contributed by atoms with van der Waals surface area (Å²) in [5.41, 5.74) is 0.769. The average molecular weight is 402 g/mol. The number of nitrogens with zero attached hydrogens (tertiary/aromatic N) is 7. The van der Waals surface area contributed by atoms with Crippen LogP contribution in [0.1, 0.15) is 31.0 Å². The molecule has 1 aliphatic carbocycles. The van der Waals surface area contributed by atoms with E-state index in [-0.39, 0.29) is 10.9 Å². The molecule has 2 aliphatic rings. The van der Waals surface area contributed by atoms with Crippen LogP contribution >= 0.6 is 0 Å². The number of rotatable bonds is 6. The number of hydrogen-bond acceptors (Lipinski definition) is 7. The van der Waals surface area contributed by atoms with E-state index in [0.717, 1.165) is 43.2 Å². The lowest BCUT2D eigenvalue weighted by Crippen LogP contribution is -2.52. The molecule has 2 fully saturated rings. The number of nitrogens with one attached hydrogen (secondary N) is 1. The van der Waals surface area contributed by atoms with E-state index in [9.17, 15) is 8.42 Å². The molecular weight excluding hydrogens is 380 g/mol. The van der Waals surface area contributed by atoms with Gasteiger partial charge in [-0.25, -0.2) is 18.1 Å². The van der Waals surface area contributed by atoms with Gasteiger partial charge in [0.2, 0.25) is 0 Å². The summed E-state index contributed by atoms with van der Waals surface area (Å²) in [5.74, 6) is 2.52. The monoisotopic (exact) mass is 402 g/mol. The number of sulfonamides is 1. The van der Waals surface area contributed by atoms with Crippen LogP contribution in [0, 0.1) is 5.92 Å². The summed E-state index contributed by atoms with van der Waals surface area (Å²) in [6.07, 6.45) is 6.50. The molecule has 0 unspecified atom stereocenters. The highest BCUT2D eigenvalue weighted by molar-refractivity contribution is 7.89. The molecule has 1 N–H and O–H groups in total. The van der Waals surface area contributed by atoms with E-state index in [2.05, 4.69) is 24.8 Å². The highest BCUT2D eigenvalue weighted by Gasteiger charge is 2.31. The molecule has 0 radical (unpaired) electrons. The molecule has 148 valence electrons. The second-order valence-electron chi connectivity index (χ2n) is 7.65. The van der Waals surface area contributed by atoms with Gasteiger partial charge in [0.25, 0.3) is 10.0 Å². The van der Waals surface area contributed by atoms with Crippen LogP contribution in [-0.2, 0) is 17.1 Å². The summed E-state index contributed by atoms with van der Waals surface area (Å²) in [4.78, 5) is 6.05. The predicted octanol–water partition coefficient (Wildman–Crippen LogP) is 0.540. The van der Waals surface area contributed by atoms with E-state index in [1.165, 1.54) is 18.9 Å². The van der Waals surface area contributed by atoms with Crippen LogP contribution in [-0.4, -0.2) is 57.4 Å². The highest BCUT2D eigenvalue weighted by Crippen LogP contribution is 2.35. The Morgan fingerprint density at radius 2 is 2.04 bits per heavy atom. The minimum Gasteiger partial charge on any atom is -0.354 e. The number of imidazole rings is 1. The average Bonchev–Trinajstić information content (AvgIpc) is 3.19. The van der Waals surface area contributed by atoms with Crippen molar-refractivity contribution in [3.63, 3.8) is 0 Å². The van der Waals surface area contributed by atoms with Crippen LogP contribution in [0.2, 0.25) is 0 Å². The van der Waals surface area contributed by atoms with E-state index >= 15 is 0 Å². The standard InChI is InChI=1S/C17H22N8O2S/c1-23-10-16(18-11-23)28(26,27)19-7-12-8-24(9-12)15-6-5-14-20-21-17(25(14)22-15)13-3-2-4-13/h5-6,10-13,19H,2-4,7-9H2,1H3. The van der Waals surface area contributed by atoms with Crippen molar-refractivity contribution < 1.29 is 8.42 Å². The molecule has 0 amide bonds. The van der Waals surface area contributed by atoms with E-state index in [4.69, 9.17) is 5.10 Å². The summed E-state index contributed by atoms with van der Waals surface area (Å²) in [6.45, 7) is 1.89. The van der Waals surface area contributed by atoms with Gasteiger partial charge in [-0.3, -0.25) is 0 Å². The van der Waals surface area contributed by atoms with E-state index in [1.807, 2.05) is 16.6 Å². The smallest absolute Gasteiger partial charge is 0.259 e. The van der Waals surface area contributed by atoms with Gasteiger partial charge in [-0.05, 0) is 25.0 Å². The molecule has 1 aliphatic heterocycles. The normalized spacial score (nSPS) is 18.4. The van der Waals surface area contributed by atoms with Gasteiger partial charge in [0.05, 0.1) is 6.33 Å². The molecule has 11 heteroatoms. The van der Waals surface area contributed by atoms with Gasteiger partial charge < -0.3 is 9.47 Å². The summed E-state index contributed by atoms with van der Waals surface area (Å²) >= 11 is 0. The molecule has 5 rings (SSSR count). The van der Waals surface area contributed by atoms with Crippen LogP contribution < -0.4 is 9.62 Å². The molecule has 0 spiro atoms. The molecule has 0 aromatic carbocycles. The quantitative estimate of drug-likeness (QED) is 0.641. The first-order valence-electron chi connectivity index (χ1n) is 9.44. The van der Waals surface area contributed by atoms with Gasteiger partial charge in [-0.2, -0.15) is 4.52 Å². The Labute approximate surface area is 162 Å². The first kappa shape index (κ1) is 17.6. The minimum atomic E-state index is -3.56. The van der Waals surface area contributed by atoms with Gasteiger partial charge in [-0.15, -0.1) is 15.3 Å². The van der Waals surface area contributed by atoms with Crippen molar-refractivity contribution in [3.05, 3.63) is 30.5 Å². The van der Waals surface area contributed by atoms with Gasteiger partial charge >= 0.3 is 0 Å². The lowest BCUT2D eigenvalue weighted by Gasteiger charge is -2.40. The Bertz CT molecular complexity index is 1110. The second kappa shape index (κ2) is 6.52. The highest BCUT2D eigenvalue weighted by atomic mass is 32.2. The summed E-state index contributed by atoms with van der Waals surface area (Å²) < 4.78 is 30.7. The van der Waals surface area contributed by atoms with Crippen molar-refractivity contribution in [2.24, 2.45) is 13.0 Å². The first-order chi connectivity index (χ1) is 13.5. The number of aromatic nitrogens is 6. The third-order valence-electron chi connectivity index (χ3n) is 5.54. The van der Waals surface area contributed by atoms with Crippen LogP contribution in [0.4, 0.5) is 5.82 Å². The largest absolute Gasteiger partial charge is 0.354 e. The maximum atomic E-state index is 12.3. The third kappa shape index (κ3) is 3.04. The molecule has 3 aromatic rings. The molecule has 3 aromatic heterocycles. The first-order valence-corrected chi connectivity index (χ1v) is 10.9. The van der Waals surface area contributed by atoms with Gasteiger partial charge in [0, 0.05) is 44.7 Å². The summed E-state index contributed by atoms with van der Waals surface area (Å²) in [6, 6.07) is 3.89. The Kier molecular flexibility index (Phi) is 4.09. The SMILES string of the molecule is Cn1cnc(S(=O)(=O)NCC2CN(c3ccc4nnc(C5CCC5)n4n3)C2)c1. The Balaban J connectivity index is 1.22. The Morgan fingerprint density at radius 3 is 2.71 bits per heavy atom. The molecule has 1 saturated carbocycles.